The van der Waals surface area contributed by atoms with Gasteiger partial charge in [-0.1, -0.05) is 18.2 Å². The summed E-state index contributed by atoms with van der Waals surface area (Å²) in [4.78, 5) is 22.2. The topological polar surface area (TPSA) is 60.8 Å². The van der Waals surface area contributed by atoms with Crippen LogP contribution in [0.2, 0.25) is 0 Å². The fourth-order valence-electron chi connectivity index (χ4n) is 5.09. The van der Waals surface area contributed by atoms with Gasteiger partial charge in [0.25, 0.3) is 5.91 Å². The number of rotatable bonds is 4. The Kier molecular flexibility index (Phi) is 4.86. The van der Waals surface area contributed by atoms with Gasteiger partial charge in [-0.25, -0.2) is 4.98 Å². The Morgan fingerprint density at radius 3 is 3.07 bits per heavy atom. The van der Waals surface area contributed by atoms with Crippen LogP contribution in [0, 0.1) is 5.92 Å². The lowest BCUT2D eigenvalue weighted by atomic mass is 10.0. The minimum Gasteiger partial charge on any atom is -0.356 e. The summed E-state index contributed by atoms with van der Waals surface area (Å²) in [5, 5.41) is 4.13. The van der Waals surface area contributed by atoms with Gasteiger partial charge in [-0.3, -0.25) is 4.79 Å². The number of allylic oxidation sites excluding steroid dienone is 2. The summed E-state index contributed by atoms with van der Waals surface area (Å²) >= 11 is 0. The van der Waals surface area contributed by atoms with Crippen LogP contribution in [0.25, 0.3) is 0 Å². The van der Waals surface area contributed by atoms with Crippen molar-refractivity contribution < 1.29 is 4.79 Å². The minimum atomic E-state index is 0.201. The first-order chi connectivity index (χ1) is 14.2. The standard InChI is InChI=1S/C23H29N5O/c1-16-9-17(15-28(16)23(29)18-5-3-2-4-6-18)14-27-8-7-19-10-20(11-24-22(19)27)21-12-25-26-13-21/h3,5-6,10-12,16-17,21,26H,2,4,7-9,13-15H2,1H3/t16-,17+,21?/m1/s1. The van der Waals surface area contributed by atoms with Gasteiger partial charge in [-0.2, -0.15) is 5.10 Å². The Labute approximate surface area is 172 Å². The Morgan fingerprint density at radius 2 is 2.28 bits per heavy atom. The number of carbonyl (C=O) groups excluding carboxylic acids is 1. The number of anilines is 1. The van der Waals surface area contributed by atoms with Crippen LogP contribution in [0.5, 0.6) is 0 Å². The smallest absolute Gasteiger partial charge is 0.253 e. The van der Waals surface area contributed by atoms with Crippen molar-refractivity contribution >= 4 is 17.9 Å². The van der Waals surface area contributed by atoms with Gasteiger partial charge in [0.05, 0.1) is 0 Å². The number of fused-ring (bicyclic) bond motifs is 1. The van der Waals surface area contributed by atoms with E-state index in [0.29, 0.717) is 17.9 Å². The Hall–Kier alpha value is -2.63. The Bertz CT molecular complexity index is 889. The van der Waals surface area contributed by atoms with Gasteiger partial charge in [-0.15, -0.1) is 0 Å². The number of likely N-dealkylation sites (tertiary alicyclic amines) is 1. The molecule has 1 aromatic rings. The molecular weight excluding hydrogens is 362 g/mol. The molecule has 152 valence electrons. The van der Waals surface area contributed by atoms with Crippen molar-refractivity contribution in [1.29, 1.82) is 0 Å². The van der Waals surface area contributed by atoms with Crippen LogP contribution in [0.4, 0.5) is 5.82 Å². The molecule has 6 nitrogen and oxygen atoms in total. The first kappa shape index (κ1) is 18.4. The highest BCUT2D eigenvalue weighted by Crippen LogP contribution is 2.32. The van der Waals surface area contributed by atoms with Crippen molar-refractivity contribution in [2.75, 3.05) is 31.1 Å². The summed E-state index contributed by atoms with van der Waals surface area (Å²) in [7, 11) is 0. The molecule has 1 unspecified atom stereocenters. The first-order valence-electron chi connectivity index (χ1n) is 10.9. The number of hydrogen-bond acceptors (Lipinski definition) is 5. The van der Waals surface area contributed by atoms with Crippen LogP contribution < -0.4 is 10.3 Å². The monoisotopic (exact) mass is 391 g/mol. The zero-order valence-corrected chi connectivity index (χ0v) is 17.1. The summed E-state index contributed by atoms with van der Waals surface area (Å²) in [6.07, 6.45) is 14.3. The lowest BCUT2D eigenvalue weighted by molar-refractivity contribution is -0.127. The van der Waals surface area contributed by atoms with Crippen LogP contribution in [-0.4, -0.2) is 54.2 Å². The van der Waals surface area contributed by atoms with E-state index < -0.39 is 0 Å². The Morgan fingerprint density at radius 1 is 1.34 bits per heavy atom. The van der Waals surface area contributed by atoms with E-state index in [2.05, 4.69) is 45.5 Å². The van der Waals surface area contributed by atoms with Gasteiger partial charge >= 0.3 is 0 Å². The van der Waals surface area contributed by atoms with E-state index in [1.54, 1.807) is 0 Å². The van der Waals surface area contributed by atoms with Crippen molar-refractivity contribution in [1.82, 2.24) is 15.3 Å². The summed E-state index contributed by atoms with van der Waals surface area (Å²) in [6, 6.07) is 2.61. The lowest BCUT2D eigenvalue weighted by Gasteiger charge is -2.24. The second kappa shape index (κ2) is 7.65. The summed E-state index contributed by atoms with van der Waals surface area (Å²) in [5.41, 5.74) is 6.49. The van der Waals surface area contributed by atoms with E-state index in [-0.39, 0.29) is 5.91 Å². The van der Waals surface area contributed by atoms with Gasteiger partial charge in [0.1, 0.15) is 5.82 Å². The molecule has 0 aromatic carbocycles. The Balaban J connectivity index is 1.24. The first-order valence-corrected chi connectivity index (χ1v) is 10.9. The molecule has 4 aliphatic rings. The lowest BCUT2D eigenvalue weighted by Crippen LogP contribution is -2.36. The summed E-state index contributed by atoms with van der Waals surface area (Å²) < 4.78 is 0. The van der Waals surface area contributed by atoms with Gasteiger partial charge < -0.3 is 15.2 Å². The van der Waals surface area contributed by atoms with E-state index in [0.717, 1.165) is 63.3 Å². The summed E-state index contributed by atoms with van der Waals surface area (Å²) in [6.45, 7) is 5.90. The minimum absolute atomic E-state index is 0.201. The number of hydrogen-bond donors (Lipinski definition) is 1. The number of nitrogens with zero attached hydrogens (tertiary/aromatic N) is 4. The van der Waals surface area contributed by atoms with E-state index in [1.165, 1.54) is 11.1 Å². The molecule has 0 radical (unpaired) electrons. The highest BCUT2D eigenvalue weighted by atomic mass is 16.2. The number of carbonyl (C=O) groups is 1. The molecule has 1 fully saturated rings. The number of hydrazone groups is 1. The van der Waals surface area contributed by atoms with E-state index in [9.17, 15) is 4.79 Å². The van der Waals surface area contributed by atoms with Crippen molar-refractivity contribution in [2.45, 2.75) is 44.6 Å². The molecule has 1 saturated heterocycles. The van der Waals surface area contributed by atoms with E-state index in [4.69, 9.17) is 4.98 Å². The third-order valence-corrected chi connectivity index (χ3v) is 6.64. The largest absolute Gasteiger partial charge is 0.356 e. The maximum absolute atomic E-state index is 12.9. The third kappa shape index (κ3) is 3.56. The predicted octanol–water partition coefficient (Wildman–Crippen LogP) is 2.63. The molecule has 3 aliphatic heterocycles. The molecule has 4 heterocycles. The fourth-order valence-corrected chi connectivity index (χ4v) is 5.09. The van der Waals surface area contributed by atoms with Crippen molar-refractivity contribution in [3.05, 3.63) is 47.2 Å². The van der Waals surface area contributed by atoms with Gasteiger partial charge in [0.2, 0.25) is 0 Å². The van der Waals surface area contributed by atoms with Gasteiger partial charge in [-0.05, 0) is 55.7 Å². The number of amides is 1. The van der Waals surface area contributed by atoms with Crippen LogP contribution in [0.3, 0.4) is 0 Å². The zero-order valence-electron chi connectivity index (χ0n) is 17.1. The number of aromatic nitrogens is 1. The molecule has 1 amide bonds. The fraction of sp³-hybridized carbons (Fsp3) is 0.522. The SMILES string of the molecule is C[C@@H]1C[C@@H](CN2CCc3cc(C4C=NNC4)cnc32)CN1C(=O)C1=CCCC=C1. The van der Waals surface area contributed by atoms with Crippen molar-refractivity contribution in [2.24, 2.45) is 11.0 Å². The zero-order chi connectivity index (χ0) is 19.8. The van der Waals surface area contributed by atoms with E-state index >= 15 is 0 Å². The molecule has 3 atom stereocenters. The predicted molar refractivity (Wildman–Crippen MR) is 115 cm³/mol. The number of pyridine rings is 1. The van der Waals surface area contributed by atoms with Gasteiger partial charge in [0, 0.05) is 56.1 Å². The molecule has 5 rings (SSSR count). The summed E-state index contributed by atoms with van der Waals surface area (Å²) in [5.74, 6) is 2.17. The molecule has 1 N–H and O–H groups in total. The normalized spacial score (nSPS) is 27.9. The average Bonchev–Trinajstić information content (AvgIpc) is 3.49. The van der Waals surface area contributed by atoms with Crippen LogP contribution in [-0.2, 0) is 11.2 Å². The van der Waals surface area contributed by atoms with Crippen molar-refractivity contribution in [3.63, 3.8) is 0 Å². The highest BCUT2D eigenvalue weighted by Gasteiger charge is 2.35. The average molecular weight is 392 g/mol. The second-order valence-electron chi connectivity index (χ2n) is 8.74. The quantitative estimate of drug-likeness (QED) is 0.857. The second-order valence-corrected chi connectivity index (χ2v) is 8.74. The maximum Gasteiger partial charge on any atom is 0.253 e. The molecule has 0 bridgehead atoms. The van der Waals surface area contributed by atoms with E-state index in [1.807, 2.05) is 18.5 Å². The third-order valence-electron chi connectivity index (χ3n) is 6.64. The maximum atomic E-state index is 12.9. The number of nitrogens with one attached hydrogen (secondary N) is 1. The van der Waals surface area contributed by atoms with Crippen molar-refractivity contribution in [3.8, 4) is 0 Å². The van der Waals surface area contributed by atoms with Gasteiger partial charge in [0.15, 0.2) is 0 Å². The molecule has 6 heteroatoms. The molecule has 0 saturated carbocycles. The molecule has 1 aliphatic carbocycles. The van der Waals surface area contributed by atoms with Crippen LogP contribution in [0.1, 0.15) is 43.2 Å². The van der Waals surface area contributed by atoms with Crippen LogP contribution in [0.15, 0.2) is 41.2 Å². The molecule has 29 heavy (non-hydrogen) atoms. The highest BCUT2D eigenvalue weighted by molar-refractivity contribution is 5.96. The molecule has 1 aromatic heterocycles. The molecule has 0 spiro atoms. The molecular formula is C23H29N5O. The van der Waals surface area contributed by atoms with Crippen LogP contribution >= 0.6 is 0 Å².